The standard InChI is InChI=1S/C42H57N7O9/c1-5-26(4)37(48-39(55)33(19-28-13-15-31(51)16-14-28)46-38(54)32(23-50)25(2)3)41(57)47-34(20-30-22-43-24-44-30)42(58)49-17-9-12-35(49)40(56)45-29(21-36(52)53)18-27-10-7-6-8-11-27/h6-8,10-11,13-16,22,24-26,29,32-35,37,50-51H,5,9,12,17-21,23H2,1-4H3,(H,43,44)(H,45,56)(H,46,54)(H,47,57)(H,48,55)(H,52,53)/t26-,29-,32-,33-,34-,35-,37-/m0/s1. The van der Waals surface area contributed by atoms with Gasteiger partial charge in [-0.1, -0.05) is 76.6 Å². The van der Waals surface area contributed by atoms with E-state index in [0.29, 0.717) is 30.5 Å². The van der Waals surface area contributed by atoms with E-state index < -0.39 is 84.2 Å². The number of carboxylic acids is 1. The second-order valence-electron chi connectivity index (χ2n) is 15.4. The van der Waals surface area contributed by atoms with Crippen molar-refractivity contribution < 1.29 is 44.1 Å². The second-order valence-corrected chi connectivity index (χ2v) is 15.4. The predicted molar refractivity (Wildman–Crippen MR) is 214 cm³/mol. The van der Waals surface area contributed by atoms with Crippen LogP contribution in [0.15, 0.2) is 67.1 Å². The van der Waals surface area contributed by atoms with Gasteiger partial charge in [-0.25, -0.2) is 4.98 Å². The third-order valence-corrected chi connectivity index (χ3v) is 10.7. The van der Waals surface area contributed by atoms with Crippen molar-refractivity contribution in [3.8, 4) is 5.75 Å². The number of likely N-dealkylation sites (tertiary alicyclic amines) is 1. The summed E-state index contributed by atoms with van der Waals surface area (Å²) in [4.78, 5) is 89.8. The number of aliphatic hydroxyl groups is 1. The highest BCUT2D eigenvalue weighted by atomic mass is 16.4. The lowest BCUT2D eigenvalue weighted by Crippen LogP contribution is -2.60. The van der Waals surface area contributed by atoms with Gasteiger partial charge in [-0.05, 0) is 54.4 Å². The maximum absolute atomic E-state index is 14.4. The normalized spacial score (nSPS) is 17.0. The van der Waals surface area contributed by atoms with Crippen molar-refractivity contribution in [2.75, 3.05) is 13.2 Å². The van der Waals surface area contributed by atoms with Gasteiger partial charge in [-0.15, -0.1) is 0 Å². The fourth-order valence-electron chi connectivity index (χ4n) is 7.07. The van der Waals surface area contributed by atoms with Crippen LogP contribution in [0.3, 0.4) is 0 Å². The molecular weight excluding hydrogens is 747 g/mol. The number of nitrogens with zero attached hydrogens (tertiary/aromatic N) is 2. The van der Waals surface area contributed by atoms with Gasteiger partial charge in [0.05, 0.1) is 25.3 Å². The number of amides is 5. The van der Waals surface area contributed by atoms with Crippen LogP contribution in [-0.4, -0.2) is 109 Å². The van der Waals surface area contributed by atoms with Gasteiger partial charge in [0.25, 0.3) is 0 Å². The van der Waals surface area contributed by atoms with E-state index in [0.717, 1.165) is 5.56 Å². The largest absolute Gasteiger partial charge is 0.508 e. The number of imidazole rings is 1. The summed E-state index contributed by atoms with van der Waals surface area (Å²) in [6.45, 7) is 6.96. The monoisotopic (exact) mass is 803 g/mol. The third-order valence-electron chi connectivity index (χ3n) is 10.7. The highest BCUT2D eigenvalue weighted by Gasteiger charge is 2.40. The lowest BCUT2D eigenvalue weighted by molar-refractivity contribution is -0.142. The Kier molecular flexibility index (Phi) is 16.8. The van der Waals surface area contributed by atoms with Crippen LogP contribution in [0.25, 0.3) is 0 Å². The molecule has 1 aliphatic rings. The first-order valence-corrected chi connectivity index (χ1v) is 19.8. The molecule has 0 aliphatic carbocycles. The van der Waals surface area contributed by atoms with Crippen molar-refractivity contribution in [1.82, 2.24) is 36.1 Å². The average Bonchev–Trinajstić information content (AvgIpc) is 3.90. The van der Waals surface area contributed by atoms with E-state index in [1.54, 1.807) is 32.9 Å². The van der Waals surface area contributed by atoms with Crippen LogP contribution in [0.5, 0.6) is 5.75 Å². The molecule has 7 atom stereocenters. The van der Waals surface area contributed by atoms with Crippen LogP contribution >= 0.6 is 0 Å². The van der Waals surface area contributed by atoms with E-state index >= 15 is 0 Å². The first-order chi connectivity index (χ1) is 27.7. The summed E-state index contributed by atoms with van der Waals surface area (Å²) in [6.07, 6.45) is 4.21. The lowest BCUT2D eigenvalue weighted by atomic mass is 9.94. The highest BCUT2D eigenvalue weighted by molar-refractivity contribution is 5.96. The zero-order valence-electron chi connectivity index (χ0n) is 33.5. The number of aromatic hydroxyl groups is 1. The quantitative estimate of drug-likeness (QED) is 0.0777. The van der Waals surface area contributed by atoms with Gasteiger partial charge in [-0.2, -0.15) is 0 Å². The molecular formula is C42H57N7O9. The molecule has 1 fully saturated rings. The minimum atomic E-state index is -1.19. The number of phenols is 1. The summed E-state index contributed by atoms with van der Waals surface area (Å²) in [5.41, 5.74) is 2.00. The number of carbonyl (C=O) groups excluding carboxylic acids is 5. The number of aliphatic carboxylic acids is 1. The Balaban J connectivity index is 1.56. The molecule has 16 heteroatoms. The molecule has 8 N–H and O–H groups in total. The maximum atomic E-state index is 14.4. The summed E-state index contributed by atoms with van der Waals surface area (Å²) < 4.78 is 0. The van der Waals surface area contributed by atoms with E-state index in [2.05, 4.69) is 31.2 Å². The molecule has 2 aromatic carbocycles. The Labute approximate surface area is 338 Å². The number of aromatic amines is 1. The molecule has 1 aliphatic heterocycles. The highest BCUT2D eigenvalue weighted by Crippen LogP contribution is 2.21. The van der Waals surface area contributed by atoms with Crippen LogP contribution < -0.4 is 21.3 Å². The van der Waals surface area contributed by atoms with E-state index in [9.17, 15) is 44.1 Å². The molecule has 58 heavy (non-hydrogen) atoms. The van der Waals surface area contributed by atoms with E-state index in [1.165, 1.54) is 29.6 Å². The molecule has 0 spiro atoms. The van der Waals surface area contributed by atoms with Crippen molar-refractivity contribution >= 4 is 35.5 Å². The molecule has 16 nitrogen and oxygen atoms in total. The van der Waals surface area contributed by atoms with Gasteiger partial charge in [-0.3, -0.25) is 28.8 Å². The van der Waals surface area contributed by atoms with Gasteiger partial charge in [0.2, 0.25) is 29.5 Å². The first-order valence-electron chi connectivity index (χ1n) is 19.8. The molecule has 2 heterocycles. The van der Waals surface area contributed by atoms with Crippen molar-refractivity contribution in [1.29, 1.82) is 0 Å². The Hall–Kier alpha value is -5.77. The van der Waals surface area contributed by atoms with Crippen LogP contribution in [0.1, 0.15) is 70.2 Å². The average molecular weight is 804 g/mol. The number of phenolic OH excluding ortho intramolecular Hbond substituents is 1. The van der Waals surface area contributed by atoms with Crippen LogP contribution in [0.2, 0.25) is 0 Å². The summed E-state index contributed by atoms with van der Waals surface area (Å²) in [5, 5.41) is 40.5. The summed E-state index contributed by atoms with van der Waals surface area (Å²) in [5.74, 6) is -5.40. The molecule has 5 amide bonds. The number of carboxylic acid groups (broad SMARTS) is 1. The summed E-state index contributed by atoms with van der Waals surface area (Å²) in [7, 11) is 0. The summed E-state index contributed by atoms with van der Waals surface area (Å²) >= 11 is 0. The molecule has 0 bridgehead atoms. The molecule has 1 saturated heterocycles. The number of hydrogen-bond donors (Lipinski definition) is 8. The fourth-order valence-corrected chi connectivity index (χ4v) is 7.07. The number of H-pyrrole nitrogens is 1. The maximum Gasteiger partial charge on any atom is 0.305 e. The van der Waals surface area contributed by atoms with Gasteiger partial charge < -0.3 is 46.5 Å². The third kappa shape index (κ3) is 12.9. The molecule has 314 valence electrons. The van der Waals surface area contributed by atoms with Crippen molar-refractivity contribution in [3.05, 3.63) is 83.9 Å². The number of hydrogen-bond acceptors (Lipinski definition) is 9. The SMILES string of the molecule is CC[C@H](C)[C@H](NC(=O)[C@H](Cc1ccc(O)cc1)NC(=O)[C@@H](CO)C(C)C)C(=O)N[C@@H](Cc1cnc[nH]1)C(=O)N1CCC[C@H]1C(=O)N[C@H](CC(=O)O)Cc1ccccc1. The van der Waals surface area contributed by atoms with Crippen LogP contribution in [0.4, 0.5) is 0 Å². The van der Waals surface area contributed by atoms with Gasteiger partial charge >= 0.3 is 5.97 Å². The Bertz CT molecular complexity index is 1820. The zero-order chi connectivity index (χ0) is 42.4. The number of carbonyl (C=O) groups is 6. The zero-order valence-corrected chi connectivity index (χ0v) is 33.5. The molecule has 0 radical (unpaired) electrons. The van der Waals surface area contributed by atoms with E-state index in [4.69, 9.17) is 0 Å². The lowest BCUT2D eigenvalue weighted by Gasteiger charge is -2.32. The first kappa shape index (κ1) is 44.9. The van der Waals surface area contributed by atoms with Gasteiger partial charge in [0.1, 0.15) is 29.9 Å². The minimum Gasteiger partial charge on any atom is -0.508 e. The number of benzene rings is 2. The Morgan fingerprint density at radius 2 is 1.52 bits per heavy atom. The molecule has 0 saturated carbocycles. The smallest absolute Gasteiger partial charge is 0.305 e. The van der Waals surface area contributed by atoms with Gasteiger partial charge in [0.15, 0.2) is 0 Å². The molecule has 0 unspecified atom stereocenters. The van der Waals surface area contributed by atoms with E-state index in [-0.39, 0.29) is 43.9 Å². The number of aromatic nitrogens is 2. The van der Waals surface area contributed by atoms with Crippen LogP contribution in [0, 0.1) is 17.8 Å². The number of nitrogens with one attached hydrogen (secondary N) is 5. The minimum absolute atomic E-state index is 0.0104. The molecule has 3 aromatic rings. The Morgan fingerprint density at radius 3 is 2.12 bits per heavy atom. The van der Waals surface area contributed by atoms with E-state index in [1.807, 2.05) is 37.3 Å². The topological polar surface area (TPSA) is 243 Å². The van der Waals surface area contributed by atoms with Crippen LogP contribution in [-0.2, 0) is 48.0 Å². The number of rotatable bonds is 21. The van der Waals surface area contributed by atoms with Crippen molar-refractivity contribution in [3.63, 3.8) is 0 Å². The number of aliphatic hydroxyl groups excluding tert-OH is 1. The Morgan fingerprint density at radius 1 is 0.845 bits per heavy atom. The molecule has 4 rings (SSSR count). The second kappa shape index (κ2) is 21.7. The van der Waals surface area contributed by atoms with Crippen molar-refractivity contribution in [2.45, 2.75) is 103 Å². The fraction of sp³-hybridized carbons (Fsp3) is 0.500. The molecule has 1 aromatic heterocycles. The van der Waals surface area contributed by atoms with Gasteiger partial charge in [0, 0.05) is 37.3 Å². The summed E-state index contributed by atoms with van der Waals surface area (Å²) in [6, 6.07) is 10.2. The predicted octanol–water partition coefficient (Wildman–Crippen LogP) is 1.86. The van der Waals surface area contributed by atoms with Crippen molar-refractivity contribution in [2.24, 2.45) is 17.8 Å².